The van der Waals surface area contributed by atoms with Crippen molar-refractivity contribution in [1.29, 1.82) is 5.26 Å². The van der Waals surface area contributed by atoms with Crippen LogP contribution in [0.4, 0.5) is 26.7 Å². The molecule has 1 aliphatic rings. The van der Waals surface area contributed by atoms with Crippen LogP contribution in [-0.2, 0) is 16.9 Å². The summed E-state index contributed by atoms with van der Waals surface area (Å²) in [4.78, 5) is 25.3. The van der Waals surface area contributed by atoms with Crippen LogP contribution >= 0.6 is 0 Å². The van der Waals surface area contributed by atoms with Gasteiger partial charge < -0.3 is 5.32 Å². The molecule has 2 aromatic rings. The van der Waals surface area contributed by atoms with Crippen LogP contribution < -0.4 is 5.32 Å². The summed E-state index contributed by atoms with van der Waals surface area (Å²) in [6.45, 7) is 0.162. The Bertz CT molecular complexity index is 1020. The Morgan fingerprint density at radius 3 is 1.96 bits per heavy atom. The van der Waals surface area contributed by atoms with Crippen molar-refractivity contribution >= 4 is 11.9 Å². The molecule has 0 aliphatic carbocycles. The number of halogens is 5. The molecule has 2 aromatic carbocycles. The summed E-state index contributed by atoms with van der Waals surface area (Å²) < 4.78 is 67.7. The molecule has 1 N–H and O–H groups in total. The van der Waals surface area contributed by atoms with E-state index in [0.717, 1.165) is 0 Å². The summed E-state index contributed by atoms with van der Waals surface area (Å²) in [7, 11) is 0. The SMILES string of the molecule is C[C@@]1(c2ccc(C#N)cc2)NC(=O)N(Cc2c(F)c(F)c(F)c(F)c2F)C1=O. The zero-order valence-electron chi connectivity index (χ0n) is 14.1. The molecule has 3 amide bonds. The number of carbonyl (C=O) groups is 2. The van der Waals surface area contributed by atoms with Crippen molar-refractivity contribution in [3.63, 3.8) is 0 Å². The molecule has 28 heavy (non-hydrogen) atoms. The van der Waals surface area contributed by atoms with Gasteiger partial charge in [0, 0.05) is 5.56 Å². The molecule has 144 valence electrons. The smallest absolute Gasteiger partial charge is 0.319 e. The summed E-state index contributed by atoms with van der Waals surface area (Å²) in [6, 6.07) is 6.40. The number of imide groups is 1. The van der Waals surface area contributed by atoms with Gasteiger partial charge in [-0.3, -0.25) is 9.69 Å². The lowest BCUT2D eigenvalue weighted by Gasteiger charge is -2.22. The average Bonchev–Trinajstić information content (AvgIpc) is 2.91. The molecule has 0 aromatic heterocycles. The second-order valence-electron chi connectivity index (χ2n) is 6.18. The third kappa shape index (κ3) is 2.76. The highest BCUT2D eigenvalue weighted by Crippen LogP contribution is 2.31. The Hall–Kier alpha value is -3.48. The van der Waals surface area contributed by atoms with E-state index in [1.54, 1.807) is 0 Å². The van der Waals surface area contributed by atoms with Gasteiger partial charge in [0.2, 0.25) is 5.82 Å². The van der Waals surface area contributed by atoms with Crippen LogP contribution in [0, 0.1) is 40.4 Å². The summed E-state index contributed by atoms with van der Waals surface area (Å²) in [5.41, 5.74) is -2.38. The molecule has 0 radical (unpaired) electrons. The number of rotatable bonds is 3. The number of amides is 3. The van der Waals surface area contributed by atoms with Crippen LogP contribution in [0.25, 0.3) is 0 Å². The Morgan fingerprint density at radius 2 is 1.46 bits per heavy atom. The van der Waals surface area contributed by atoms with Crippen LogP contribution in [0.3, 0.4) is 0 Å². The zero-order chi connectivity index (χ0) is 20.8. The molecular weight excluding hydrogens is 385 g/mol. The Labute approximate surface area is 155 Å². The zero-order valence-corrected chi connectivity index (χ0v) is 14.1. The number of nitrogens with one attached hydrogen (secondary N) is 1. The molecule has 1 saturated heterocycles. The van der Waals surface area contributed by atoms with Crippen LogP contribution in [0.5, 0.6) is 0 Å². The van der Waals surface area contributed by atoms with E-state index >= 15 is 0 Å². The van der Waals surface area contributed by atoms with Gasteiger partial charge in [-0.1, -0.05) is 12.1 Å². The molecular formula is C18H10F5N3O2. The van der Waals surface area contributed by atoms with Crippen LogP contribution in [0.2, 0.25) is 0 Å². The second-order valence-corrected chi connectivity index (χ2v) is 6.18. The third-order valence-electron chi connectivity index (χ3n) is 4.48. The first kappa shape index (κ1) is 19.3. The highest BCUT2D eigenvalue weighted by molar-refractivity contribution is 6.07. The average molecular weight is 395 g/mol. The van der Waals surface area contributed by atoms with Crippen molar-refractivity contribution in [1.82, 2.24) is 10.2 Å². The lowest BCUT2D eigenvalue weighted by atomic mass is 9.91. The fourth-order valence-electron chi connectivity index (χ4n) is 2.86. The van der Waals surface area contributed by atoms with E-state index in [9.17, 15) is 31.5 Å². The van der Waals surface area contributed by atoms with E-state index < -0.39 is 58.7 Å². The molecule has 1 heterocycles. The maximum Gasteiger partial charge on any atom is 0.325 e. The van der Waals surface area contributed by atoms with Gasteiger partial charge in [-0.2, -0.15) is 5.26 Å². The molecule has 0 unspecified atom stereocenters. The minimum atomic E-state index is -2.33. The molecule has 10 heteroatoms. The topological polar surface area (TPSA) is 73.2 Å². The number of hydrogen-bond donors (Lipinski definition) is 1. The molecule has 0 saturated carbocycles. The number of nitrogens with zero attached hydrogens (tertiary/aromatic N) is 2. The quantitative estimate of drug-likeness (QED) is 0.375. The number of nitriles is 1. The van der Waals surface area contributed by atoms with Gasteiger partial charge in [0.1, 0.15) is 5.54 Å². The first-order chi connectivity index (χ1) is 13.1. The minimum absolute atomic E-state index is 0.268. The standard InChI is InChI=1S/C18H10F5N3O2/c1-18(9-4-2-8(6-24)3-5-9)16(27)26(17(28)25-18)7-10-11(19)13(21)15(23)14(22)12(10)20/h2-5H,7H2,1H3,(H,25,28)/t18-/m0/s1. The Kier molecular flexibility index (Phi) is 4.54. The highest BCUT2D eigenvalue weighted by atomic mass is 19.2. The van der Waals surface area contributed by atoms with Gasteiger partial charge in [-0.05, 0) is 24.6 Å². The predicted octanol–water partition coefficient (Wildman–Crippen LogP) is 3.22. The molecule has 5 nitrogen and oxygen atoms in total. The number of carbonyl (C=O) groups excluding carboxylic acids is 2. The van der Waals surface area contributed by atoms with E-state index in [0.29, 0.717) is 10.5 Å². The third-order valence-corrected chi connectivity index (χ3v) is 4.48. The van der Waals surface area contributed by atoms with Gasteiger partial charge in [0.15, 0.2) is 23.3 Å². The number of benzene rings is 2. The van der Waals surface area contributed by atoms with Gasteiger partial charge >= 0.3 is 6.03 Å². The fraction of sp³-hybridized carbons (Fsp3) is 0.167. The molecule has 0 spiro atoms. The van der Waals surface area contributed by atoms with Crippen LogP contribution in [0.15, 0.2) is 24.3 Å². The number of urea groups is 1. The van der Waals surface area contributed by atoms with Crippen molar-refractivity contribution < 1.29 is 31.5 Å². The van der Waals surface area contributed by atoms with Gasteiger partial charge in [0.05, 0.1) is 18.2 Å². The van der Waals surface area contributed by atoms with E-state index in [2.05, 4.69) is 5.32 Å². The van der Waals surface area contributed by atoms with Crippen LogP contribution in [-0.4, -0.2) is 16.8 Å². The lowest BCUT2D eigenvalue weighted by molar-refractivity contribution is -0.131. The predicted molar refractivity (Wildman–Crippen MR) is 83.8 cm³/mol. The van der Waals surface area contributed by atoms with Gasteiger partial charge in [0.25, 0.3) is 5.91 Å². The molecule has 1 fully saturated rings. The highest BCUT2D eigenvalue weighted by Gasteiger charge is 2.49. The Balaban J connectivity index is 1.98. The molecule has 1 atom stereocenters. The van der Waals surface area contributed by atoms with E-state index in [4.69, 9.17) is 5.26 Å². The van der Waals surface area contributed by atoms with Crippen molar-refractivity contribution in [2.45, 2.75) is 19.0 Å². The summed E-state index contributed by atoms with van der Waals surface area (Å²) in [6.07, 6.45) is 0. The summed E-state index contributed by atoms with van der Waals surface area (Å²) in [5, 5.41) is 11.2. The van der Waals surface area contributed by atoms with Crippen LogP contribution in [0.1, 0.15) is 23.6 Å². The first-order valence-electron chi connectivity index (χ1n) is 7.77. The van der Waals surface area contributed by atoms with E-state index in [-0.39, 0.29) is 5.56 Å². The molecule has 3 rings (SSSR count). The van der Waals surface area contributed by atoms with E-state index in [1.807, 2.05) is 6.07 Å². The number of hydrogen-bond acceptors (Lipinski definition) is 3. The van der Waals surface area contributed by atoms with Crippen molar-refractivity contribution in [2.24, 2.45) is 0 Å². The summed E-state index contributed by atoms with van der Waals surface area (Å²) >= 11 is 0. The van der Waals surface area contributed by atoms with Crippen molar-refractivity contribution in [3.05, 3.63) is 70.0 Å². The normalized spacial score (nSPS) is 19.0. The maximum absolute atomic E-state index is 13.9. The van der Waals surface area contributed by atoms with E-state index in [1.165, 1.54) is 31.2 Å². The molecule has 0 bridgehead atoms. The molecule has 1 aliphatic heterocycles. The fourth-order valence-corrected chi connectivity index (χ4v) is 2.86. The van der Waals surface area contributed by atoms with Crippen molar-refractivity contribution in [2.75, 3.05) is 0 Å². The van der Waals surface area contributed by atoms with Crippen molar-refractivity contribution in [3.8, 4) is 6.07 Å². The maximum atomic E-state index is 13.9. The lowest BCUT2D eigenvalue weighted by Crippen LogP contribution is -2.40. The first-order valence-corrected chi connectivity index (χ1v) is 7.77. The minimum Gasteiger partial charge on any atom is -0.319 e. The largest absolute Gasteiger partial charge is 0.325 e. The van der Waals surface area contributed by atoms with Gasteiger partial charge in [-0.25, -0.2) is 26.7 Å². The summed E-state index contributed by atoms with van der Waals surface area (Å²) in [5.74, 6) is -11.9. The van der Waals surface area contributed by atoms with Gasteiger partial charge in [-0.15, -0.1) is 0 Å². The Morgan fingerprint density at radius 1 is 0.964 bits per heavy atom. The monoisotopic (exact) mass is 395 g/mol. The second kappa shape index (κ2) is 6.60.